The summed E-state index contributed by atoms with van der Waals surface area (Å²) in [5.74, 6) is -2.24. The number of alkyl halides is 2. The van der Waals surface area contributed by atoms with Crippen LogP contribution >= 0.6 is 0 Å². The lowest BCUT2D eigenvalue weighted by Gasteiger charge is -2.42. The number of rotatable bonds is 4. The third kappa shape index (κ3) is 4.69. The van der Waals surface area contributed by atoms with Gasteiger partial charge < -0.3 is 14.9 Å². The van der Waals surface area contributed by atoms with Crippen molar-refractivity contribution in [3.8, 4) is 11.3 Å². The van der Waals surface area contributed by atoms with Gasteiger partial charge in [0.1, 0.15) is 5.69 Å². The fourth-order valence-electron chi connectivity index (χ4n) is 5.20. The fraction of sp³-hybridized carbons (Fsp3) is 0.462. The van der Waals surface area contributed by atoms with Crippen molar-refractivity contribution in [2.45, 2.75) is 51.2 Å². The molecule has 0 radical (unpaired) electrons. The van der Waals surface area contributed by atoms with Gasteiger partial charge in [0.05, 0.1) is 6.61 Å². The lowest BCUT2D eigenvalue weighted by Crippen LogP contribution is -2.56. The van der Waals surface area contributed by atoms with Gasteiger partial charge in [-0.25, -0.2) is 8.78 Å². The average molecular weight is 482 g/mol. The number of hydrogen-bond donors (Lipinski definition) is 1. The van der Waals surface area contributed by atoms with Gasteiger partial charge in [0.25, 0.3) is 0 Å². The van der Waals surface area contributed by atoms with E-state index in [4.69, 9.17) is 0 Å². The molecule has 1 atom stereocenters. The van der Waals surface area contributed by atoms with Crippen LogP contribution in [0.3, 0.4) is 0 Å². The van der Waals surface area contributed by atoms with Gasteiger partial charge in [-0.05, 0) is 31.4 Å². The first-order chi connectivity index (χ1) is 16.9. The molecule has 0 bridgehead atoms. The molecular formula is C26H29F2N5O2. The molecule has 1 saturated heterocycles. The smallest absolute Gasteiger partial charge is 0.248 e. The Morgan fingerprint density at radius 2 is 1.83 bits per heavy atom. The number of fused-ring (bicyclic) bond motifs is 1. The van der Waals surface area contributed by atoms with E-state index in [2.05, 4.69) is 20.1 Å². The van der Waals surface area contributed by atoms with Crippen LogP contribution in [0.25, 0.3) is 22.0 Å². The summed E-state index contributed by atoms with van der Waals surface area (Å²) in [6.07, 6.45) is 3.60. The molecule has 1 N–H and O–H groups in total. The van der Waals surface area contributed by atoms with E-state index in [9.17, 15) is 18.7 Å². The molecule has 5 rings (SSSR count). The molecule has 3 aromatic rings. The maximum atomic E-state index is 13.5. The van der Waals surface area contributed by atoms with Crippen LogP contribution in [0.2, 0.25) is 0 Å². The zero-order valence-corrected chi connectivity index (χ0v) is 19.7. The molecule has 1 aromatic carbocycles. The number of carbonyl (C=O) groups is 1. The van der Waals surface area contributed by atoms with Crippen molar-refractivity contribution in [2.75, 3.05) is 24.5 Å². The minimum atomic E-state index is -2.64. The quantitative estimate of drug-likeness (QED) is 0.606. The average Bonchev–Trinajstić information content (AvgIpc) is 2.88. The van der Waals surface area contributed by atoms with Crippen LogP contribution in [-0.4, -0.2) is 62.7 Å². The number of aromatic nitrogens is 3. The van der Waals surface area contributed by atoms with Gasteiger partial charge in [-0.2, -0.15) is 0 Å². The highest BCUT2D eigenvalue weighted by Gasteiger charge is 2.40. The Kier molecular flexibility index (Phi) is 6.35. The predicted octanol–water partition coefficient (Wildman–Crippen LogP) is 4.05. The molecule has 1 aliphatic carbocycles. The third-order valence-electron chi connectivity index (χ3n) is 7.25. The zero-order chi connectivity index (χ0) is 24.6. The summed E-state index contributed by atoms with van der Waals surface area (Å²) >= 11 is 0. The van der Waals surface area contributed by atoms with Gasteiger partial charge in [-0.3, -0.25) is 9.78 Å². The summed E-state index contributed by atoms with van der Waals surface area (Å²) in [5, 5.41) is 20.2. The van der Waals surface area contributed by atoms with Crippen LogP contribution < -0.4 is 4.90 Å². The molecule has 7 nitrogen and oxygen atoms in total. The van der Waals surface area contributed by atoms with Crippen LogP contribution in [0.15, 0.2) is 42.7 Å². The molecule has 1 saturated carbocycles. The highest BCUT2D eigenvalue weighted by molar-refractivity contribution is 5.99. The van der Waals surface area contributed by atoms with Crippen LogP contribution in [-0.2, 0) is 11.4 Å². The van der Waals surface area contributed by atoms with Gasteiger partial charge in [0.2, 0.25) is 11.8 Å². The Morgan fingerprint density at radius 3 is 2.51 bits per heavy atom. The second-order valence-electron chi connectivity index (χ2n) is 9.61. The van der Waals surface area contributed by atoms with Crippen molar-refractivity contribution in [1.29, 1.82) is 0 Å². The van der Waals surface area contributed by atoms with Gasteiger partial charge in [-0.1, -0.05) is 24.3 Å². The lowest BCUT2D eigenvalue weighted by molar-refractivity contribution is -0.142. The molecule has 2 aromatic heterocycles. The molecule has 1 amide bonds. The number of carbonyl (C=O) groups excluding carboxylic acids is 1. The highest BCUT2D eigenvalue weighted by Crippen LogP contribution is 2.38. The van der Waals surface area contributed by atoms with E-state index in [-0.39, 0.29) is 50.2 Å². The summed E-state index contributed by atoms with van der Waals surface area (Å²) in [6, 6.07) is 9.42. The Bertz CT molecular complexity index is 1210. The molecule has 35 heavy (non-hydrogen) atoms. The van der Waals surface area contributed by atoms with E-state index in [1.54, 1.807) is 12.4 Å². The van der Waals surface area contributed by atoms with E-state index < -0.39 is 5.92 Å². The van der Waals surface area contributed by atoms with E-state index in [1.807, 2.05) is 42.2 Å². The Morgan fingerprint density at radius 1 is 1.09 bits per heavy atom. The first kappa shape index (κ1) is 23.5. The van der Waals surface area contributed by atoms with Crippen LogP contribution in [0.1, 0.15) is 38.2 Å². The Balaban J connectivity index is 1.36. The van der Waals surface area contributed by atoms with Crippen LogP contribution in [0, 0.1) is 5.92 Å². The summed E-state index contributed by atoms with van der Waals surface area (Å²) in [7, 11) is 0. The molecule has 9 heteroatoms. The number of benzene rings is 1. The first-order valence-corrected chi connectivity index (χ1v) is 12.1. The largest absolute Gasteiger partial charge is 0.392 e. The number of piperazine rings is 1. The van der Waals surface area contributed by atoms with Crippen molar-refractivity contribution >= 4 is 22.5 Å². The predicted molar refractivity (Wildman–Crippen MR) is 129 cm³/mol. The topological polar surface area (TPSA) is 82.4 Å². The standard InChI is InChI=1S/C26H29F2N5O2/c1-17-15-32(12-13-33(17)25(35)20-6-9-26(27,28)10-7-20)24-22-14-29-11-8-21(22)23(30-31-24)19-4-2-18(16-34)3-5-19/h2-5,8,11,14,17,20,34H,6-7,9-10,12-13,15-16H2,1H3. The lowest BCUT2D eigenvalue weighted by atomic mass is 9.85. The molecule has 1 unspecified atom stereocenters. The third-order valence-corrected chi connectivity index (χ3v) is 7.25. The Labute approximate surface area is 202 Å². The molecule has 184 valence electrons. The normalized spacial score (nSPS) is 20.9. The van der Waals surface area contributed by atoms with E-state index in [0.717, 1.165) is 33.4 Å². The van der Waals surface area contributed by atoms with Crippen molar-refractivity contribution < 1.29 is 18.7 Å². The molecule has 1 aliphatic heterocycles. The Hall–Kier alpha value is -3.20. The van der Waals surface area contributed by atoms with Gasteiger partial charge in [-0.15, -0.1) is 10.2 Å². The maximum Gasteiger partial charge on any atom is 0.248 e. The summed E-state index contributed by atoms with van der Waals surface area (Å²) in [5.41, 5.74) is 2.47. The number of aliphatic hydroxyl groups is 1. The number of hydrogen-bond acceptors (Lipinski definition) is 6. The van der Waals surface area contributed by atoms with E-state index >= 15 is 0 Å². The zero-order valence-electron chi connectivity index (χ0n) is 19.7. The van der Waals surface area contributed by atoms with Crippen molar-refractivity contribution in [3.05, 3.63) is 48.3 Å². The number of aliphatic hydroxyl groups excluding tert-OH is 1. The number of halogens is 2. The minimum Gasteiger partial charge on any atom is -0.392 e. The van der Waals surface area contributed by atoms with Gasteiger partial charge >= 0.3 is 0 Å². The monoisotopic (exact) mass is 481 g/mol. The summed E-state index contributed by atoms with van der Waals surface area (Å²) in [4.78, 5) is 21.4. The molecule has 3 heterocycles. The molecule has 0 spiro atoms. The van der Waals surface area contributed by atoms with Crippen LogP contribution in [0.5, 0.6) is 0 Å². The summed E-state index contributed by atoms with van der Waals surface area (Å²) in [6.45, 7) is 3.66. The number of anilines is 1. The number of nitrogens with zero attached hydrogens (tertiary/aromatic N) is 5. The minimum absolute atomic E-state index is 0.00747. The maximum absolute atomic E-state index is 13.5. The molecule has 2 fully saturated rings. The van der Waals surface area contributed by atoms with Crippen molar-refractivity contribution in [1.82, 2.24) is 20.1 Å². The van der Waals surface area contributed by atoms with Gasteiger partial charge in [0.15, 0.2) is 5.82 Å². The fourth-order valence-corrected chi connectivity index (χ4v) is 5.20. The second kappa shape index (κ2) is 9.45. The second-order valence-corrected chi connectivity index (χ2v) is 9.61. The number of pyridine rings is 1. The van der Waals surface area contributed by atoms with Crippen LogP contribution in [0.4, 0.5) is 14.6 Å². The number of amides is 1. The van der Waals surface area contributed by atoms with Crippen molar-refractivity contribution in [3.63, 3.8) is 0 Å². The molecular weight excluding hydrogens is 452 g/mol. The van der Waals surface area contributed by atoms with E-state index in [0.29, 0.717) is 19.6 Å². The first-order valence-electron chi connectivity index (χ1n) is 12.1. The highest BCUT2D eigenvalue weighted by atomic mass is 19.3. The SMILES string of the molecule is CC1CN(c2nnc(-c3ccc(CO)cc3)c3ccncc23)CCN1C(=O)C1CCC(F)(F)CC1. The van der Waals surface area contributed by atoms with Crippen molar-refractivity contribution in [2.24, 2.45) is 5.92 Å². The molecule has 2 aliphatic rings. The summed E-state index contributed by atoms with van der Waals surface area (Å²) < 4.78 is 27.1. The van der Waals surface area contributed by atoms with Gasteiger partial charge in [0, 0.05) is 73.2 Å². The van der Waals surface area contributed by atoms with E-state index in [1.165, 1.54) is 0 Å².